The Labute approximate surface area is 140 Å². The van der Waals surface area contributed by atoms with Crippen molar-refractivity contribution in [2.45, 2.75) is 27.2 Å². The second kappa shape index (κ2) is 7.45. The van der Waals surface area contributed by atoms with Crippen molar-refractivity contribution in [2.24, 2.45) is 0 Å². The third kappa shape index (κ3) is 4.10. The van der Waals surface area contributed by atoms with Crippen LogP contribution in [-0.4, -0.2) is 12.5 Å². The first-order chi connectivity index (χ1) is 10.5. The Balaban J connectivity index is 2.00. The van der Waals surface area contributed by atoms with E-state index in [0.29, 0.717) is 0 Å². The molecule has 4 heteroatoms. The van der Waals surface area contributed by atoms with Crippen molar-refractivity contribution in [3.8, 4) is 0 Å². The Hall–Kier alpha value is -1.81. The SMILES string of the molecule is CCc1cccc(C)c1NCC(=O)Nc1ccc(C)c(Br)c1. The number of rotatable bonds is 5. The van der Waals surface area contributed by atoms with Crippen molar-refractivity contribution in [3.05, 3.63) is 57.6 Å². The molecule has 1 amide bonds. The van der Waals surface area contributed by atoms with Crippen molar-refractivity contribution >= 4 is 33.2 Å². The van der Waals surface area contributed by atoms with E-state index in [9.17, 15) is 4.79 Å². The number of anilines is 2. The Bertz CT molecular complexity index is 683. The lowest BCUT2D eigenvalue weighted by Crippen LogP contribution is -2.22. The Kier molecular flexibility index (Phi) is 5.61. The molecule has 0 aromatic heterocycles. The van der Waals surface area contributed by atoms with Crippen LogP contribution in [0.5, 0.6) is 0 Å². The summed E-state index contributed by atoms with van der Waals surface area (Å²) >= 11 is 3.47. The van der Waals surface area contributed by atoms with Crippen LogP contribution in [0.25, 0.3) is 0 Å². The number of hydrogen-bond donors (Lipinski definition) is 2. The van der Waals surface area contributed by atoms with Gasteiger partial charge in [-0.25, -0.2) is 0 Å². The van der Waals surface area contributed by atoms with E-state index in [-0.39, 0.29) is 12.5 Å². The minimum Gasteiger partial charge on any atom is -0.376 e. The normalized spacial score (nSPS) is 10.4. The fourth-order valence-electron chi connectivity index (χ4n) is 2.32. The lowest BCUT2D eigenvalue weighted by Gasteiger charge is -2.14. The number of aryl methyl sites for hydroxylation is 3. The van der Waals surface area contributed by atoms with Gasteiger partial charge in [-0.05, 0) is 49.1 Å². The van der Waals surface area contributed by atoms with Crippen molar-refractivity contribution in [2.75, 3.05) is 17.2 Å². The van der Waals surface area contributed by atoms with Gasteiger partial charge in [-0.3, -0.25) is 4.79 Å². The molecular weight excluding hydrogens is 340 g/mol. The second-order valence-electron chi connectivity index (χ2n) is 5.33. The molecule has 3 nitrogen and oxygen atoms in total. The van der Waals surface area contributed by atoms with Crippen LogP contribution >= 0.6 is 15.9 Å². The highest BCUT2D eigenvalue weighted by Gasteiger charge is 2.07. The molecule has 0 saturated carbocycles. The Morgan fingerprint density at radius 1 is 1.14 bits per heavy atom. The summed E-state index contributed by atoms with van der Waals surface area (Å²) in [5.41, 5.74) is 5.38. The van der Waals surface area contributed by atoms with Crippen molar-refractivity contribution < 1.29 is 4.79 Å². The van der Waals surface area contributed by atoms with Crippen molar-refractivity contribution in [3.63, 3.8) is 0 Å². The van der Waals surface area contributed by atoms with Gasteiger partial charge in [-0.15, -0.1) is 0 Å². The van der Waals surface area contributed by atoms with E-state index in [4.69, 9.17) is 0 Å². The molecule has 2 N–H and O–H groups in total. The van der Waals surface area contributed by atoms with E-state index in [1.165, 1.54) is 5.56 Å². The molecule has 0 spiro atoms. The van der Waals surface area contributed by atoms with Crippen molar-refractivity contribution in [1.82, 2.24) is 0 Å². The summed E-state index contributed by atoms with van der Waals surface area (Å²) in [6, 6.07) is 12.0. The average Bonchev–Trinajstić information content (AvgIpc) is 2.49. The zero-order valence-electron chi connectivity index (χ0n) is 13.2. The standard InChI is InChI=1S/C18H21BrN2O/c1-4-14-7-5-6-13(3)18(14)20-11-17(22)21-15-9-8-12(2)16(19)10-15/h5-10,20H,4,11H2,1-3H3,(H,21,22). The number of carbonyl (C=O) groups is 1. The van der Waals surface area contributed by atoms with E-state index in [0.717, 1.165) is 33.4 Å². The Morgan fingerprint density at radius 2 is 1.91 bits per heavy atom. The summed E-state index contributed by atoms with van der Waals surface area (Å²) in [6.07, 6.45) is 0.941. The molecule has 0 fully saturated rings. The molecule has 0 aliphatic heterocycles. The van der Waals surface area contributed by atoms with Gasteiger partial charge in [0.1, 0.15) is 0 Å². The van der Waals surface area contributed by atoms with Crippen LogP contribution < -0.4 is 10.6 Å². The number of benzene rings is 2. The number of para-hydroxylation sites is 1. The van der Waals surface area contributed by atoms with Crippen LogP contribution in [0.2, 0.25) is 0 Å². The molecular formula is C18H21BrN2O. The molecule has 2 aromatic rings. The van der Waals surface area contributed by atoms with Crippen LogP contribution in [0.4, 0.5) is 11.4 Å². The van der Waals surface area contributed by atoms with Crippen molar-refractivity contribution in [1.29, 1.82) is 0 Å². The summed E-state index contributed by atoms with van der Waals surface area (Å²) in [5, 5.41) is 6.16. The second-order valence-corrected chi connectivity index (χ2v) is 6.18. The third-order valence-corrected chi connectivity index (χ3v) is 4.48. The van der Waals surface area contributed by atoms with Gasteiger partial charge in [0.15, 0.2) is 0 Å². The first-order valence-corrected chi connectivity index (χ1v) is 8.19. The number of halogens is 1. The molecule has 22 heavy (non-hydrogen) atoms. The monoisotopic (exact) mass is 360 g/mol. The maximum atomic E-state index is 12.1. The van der Waals surface area contributed by atoms with E-state index >= 15 is 0 Å². The van der Waals surface area contributed by atoms with Gasteiger partial charge in [0, 0.05) is 15.8 Å². The molecule has 0 atom stereocenters. The van der Waals surface area contributed by atoms with Crippen LogP contribution in [0, 0.1) is 13.8 Å². The lowest BCUT2D eigenvalue weighted by atomic mass is 10.1. The highest BCUT2D eigenvalue weighted by molar-refractivity contribution is 9.10. The summed E-state index contributed by atoms with van der Waals surface area (Å²) < 4.78 is 0.991. The summed E-state index contributed by atoms with van der Waals surface area (Å²) in [7, 11) is 0. The Morgan fingerprint density at radius 3 is 2.59 bits per heavy atom. The molecule has 0 unspecified atom stereocenters. The number of nitrogens with one attached hydrogen (secondary N) is 2. The molecule has 2 rings (SSSR count). The molecule has 0 aliphatic carbocycles. The maximum Gasteiger partial charge on any atom is 0.243 e. The largest absolute Gasteiger partial charge is 0.376 e. The smallest absolute Gasteiger partial charge is 0.243 e. The summed E-state index contributed by atoms with van der Waals surface area (Å²) in [6.45, 7) is 6.44. The first kappa shape index (κ1) is 16.6. The highest BCUT2D eigenvalue weighted by Crippen LogP contribution is 2.22. The predicted molar refractivity (Wildman–Crippen MR) is 96.6 cm³/mol. The average molecular weight is 361 g/mol. The summed E-state index contributed by atoms with van der Waals surface area (Å²) in [5.74, 6) is -0.0546. The summed E-state index contributed by atoms with van der Waals surface area (Å²) in [4.78, 5) is 12.1. The molecule has 116 valence electrons. The number of hydrogen-bond acceptors (Lipinski definition) is 2. The molecule has 0 aliphatic rings. The van der Waals surface area contributed by atoms with E-state index in [1.807, 2.05) is 31.2 Å². The van der Waals surface area contributed by atoms with Gasteiger partial charge in [0.05, 0.1) is 6.54 Å². The quantitative estimate of drug-likeness (QED) is 0.812. The van der Waals surface area contributed by atoms with Gasteiger partial charge in [-0.2, -0.15) is 0 Å². The van der Waals surface area contributed by atoms with Crippen LogP contribution in [0.15, 0.2) is 40.9 Å². The van der Waals surface area contributed by atoms with Crippen LogP contribution in [0.3, 0.4) is 0 Å². The fraction of sp³-hybridized carbons (Fsp3) is 0.278. The minimum atomic E-state index is -0.0546. The predicted octanol–water partition coefficient (Wildman–Crippen LogP) is 4.68. The van der Waals surface area contributed by atoms with Gasteiger partial charge < -0.3 is 10.6 Å². The molecule has 2 aromatic carbocycles. The van der Waals surface area contributed by atoms with Gasteiger partial charge >= 0.3 is 0 Å². The topological polar surface area (TPSA) is 41.1 Å². The van der Waals surface area contributed by atoms with Crippen LogP contribution in [-0.2, 0) is 11.2 Å². The minimum absolute atomic E-state index is 0.0546. The lowest BCUT2D eigenvalue weighted by molar-refractivity contribution is -0.114. The van der Waals surface area contributed by atoms with Gasteiger partial charge in [-0.1, -0.05) is 47.1 Å². The third-order valence-electron chi connectivity index (χ3n) is 3.62. The van der Waals surface area contributed by atoms with Gasteiger partial charge in [0.2, 0.25) is 5.91 Å². The van der Waals surface area contributed by atoms with E-state index in [1.54, 1.807) is 0 Å². The van der Waals surface area contributed by atoms with E-state index < -0.39 is 0 Å². The molecule has 0 heterocycles. The highest BCUT2D eigenvalue weighted by atomic mass is 79.9. The van der Waals surface area contributed by atoms with E-state index in [2.05, 4.69) is 52.5 Å². The number of amides is 1. The maximum absolute atomic E-state index is 12.1. The molecule has 0 radical (unpaired) electrons. The van der Waals surface area contributed by atoms with Crippen LogP contribution in [0.1, 0.15) is 23.6 Å². The zero-order chi connectivity index (χ0) is 16.1. The fourth-order valence-corrected chi connectivity index (χ4v) is 2.70. The molecule has 0 bridgehead atoms. The van der Waals surface area contributed by atoms with Gasteiger partial charge in [0.25, 0.3) is 0 Å². The zero-order valence-corrected chi connectivity index (χ0v) is 14.8. The number of carbonyl (C=O) groups excluding carboxylic acids is 1. The first-order valence-electron chi connectivity index (χ1n) is 7.39. The molecule has 0 saturated heterocycles.